The number of benzene rings is 2. The molecule has 0 aliphatic heterocycles. The summed E-state index contributed by atoms with van der Waals surface area (Å²) in [4.78, 5) is 37.8. The lowest BCUT2D eigenvalue weighted by Crippen LogP contribution is -2.31. The van der Waals surface area contributed by atoms with E-state index >= 15 is 0 Å². The Morgan fingerprint density at radius 1 is 1.00 bits per heavy atom. The maximum absolute atomic E-state index is 12.3. The number of aryl methyl sites for hydroxylation is 1. The molecule has 0 spiro atoms. The molecule has 0 saturated carbocycles. The topological polar surface area (TPSA) is 84.9 Å². The molecule has 2 aromatic carbocycles. The first-order chi connectivity index (χ1) is 14.0. The van der Waals surface area contributed by atoms with Gasteiger partial charge >= 0.3 is 12.1 Å². The van der Waals surface area contributed by atoms with Crippen LogP contribution in [0.15, 0.2) is 48.5 Å². The molecular weight excluding hydrogens is 384 g/mol. The Bertz CT molecular complexity index is 901. The third kappa shape index (κ3) is 7.24. The molecule has 1 N–H and O–H groups in total. The summed E-state index contributed by atoms with van der Waals surface area (Å²) in [5, 5.41) is 2.58. The maximum Gasteiger partial charge on any atom is 0.412 e. The van der Waals surface area contributed by atoms with Crippen molar-refractivity contribution >= 4 is 23.7 Å². The van der Waals surface area contributed by atoms with Crippen molar-refractivity contribution in [1.29, 1.82) is 0 Å². The first kappa shape index (κ1) is 22.9. The number of ether oxygens (including phenoxy) is 2. The third-order valence-electron chi connectivity index (χ3n) is 4.19. The van der Waals surface area contributed by atoms with E-state index < -0.39 is 17.7 Å². The third-order valence-corrected chi connectivity index (χ3v) is 4.19. The van der Waals surface area contributed by atoms with Gasteiger partial charge in [-0.3, -0.25) is 10.1 Å². The number of nitrogens with zero attached hydrogens (tertiary/aromatic N) is 1. The standard InChI is InChI=1S/C23H28N2O5/c1-16-8-6-7-9-18(16)14-25(5)20(26)15-29-21(27)17-10-12-19(13-11-17)24-22(28)30-23(2,3)4/h6-13H,14-15H2,1-5H3,(H,24,28). The second-order valence-electron chi connectivity index (χ2n) is 7.96. The number of likely N-dealkylation sites (N-methyl/N-ethyl adjacent to an activating group) is 1. The van der Waals surface area contributed by atoms with Crippen LogP contribution in [0.5, 0.6) is 0 Å². The summed E-state index contributed by atoms with van der Waals surface area (Å²) < 4.78 is 10.3. The lowest BCUT2D eigenvalue weighted by Gasteiger charge is -2.19. The molecule has 0 aromatic heterocycles. The van der Waals surface area contributed by atoms with Crippen molar-refractivity contribution in [2.75, 3.05) is 19.0 Å². The molecule has 0 fully saturated rings. The van der Waals surface area contributed by atoms with Gasteiger partial charge in [0.25, 0.3) is 5.91 Å². The molecule has 2 rings (SSSR count). The minimum absolute atomic E-state index is 0.277. The van der Waals surface area contributed by atoms with Gasteiger partial charge in [-0.05, 0) is 63.1 Å². The Kier molecular flexibility index (Phi) is 7.58. The minimum atomic E-state index is -0.614. The molecule has 0 heterocycles. The number of anilines is 1. The molecule has 0 bridgehead atoms. The Labute approximate surface area is 177 Å². The zero-order chi connectivity index (χ0) is 22.3. The van der Waals surface area contributed by atoms with E-state index in [4.69, 9.17) is 9.47 Å². The first-order valence-corrected chi connectivity index (χ1v) is 9.61. The van der Waals surface area contributed by atoms with Crippen LogP contribution in [0.1, 0.15) is 42.3 Å². The monoisotopic (exact) mass is 412 g/mol. The zero-order valence-electron chi connectivity index (χ0n) is 18.0. The van der Waals surface area contributed by atoms with E-state index in [-0.39, 0.29) is 18.1 Å². The summed E-state index contributed by atoms with van der Waals surface area (Å²) in [6.45, 7) is 7.38. The van der Waals surface area contributed by atoms with Crippen molar-refractivity contribution in [2.45, 2.75) is 39.8 Å². The summed E-state index contributed by atoms with van der Waals surface area (Å²) >= 11 is 0. The summed E-state index contributed by atoms with van der Waals surface area (Å²) in [6.07, 6.45) is -0.583. The van der Waals surface area contributed by atoms with Gasteiger partial charge in [-0.1, -0.05) is 24.3 Å². The van der Waals surface area contributed by atoms with E-state index in [0.717, 1.165) is 11.1 Å². The Morgan fingerprint density at radius 3 is 2.23 bits per heavy atom. The van der Waals surface area contributed by atoms with Crippen LogP contribution in [0.3, 0.4) is 0 Å². The van der Waals surface area contributed by atoms with Crippen LogP contribution >= 0.6 is 0 Å². The lowest BCUT2D eigenvalue weighted by molar-refractivity contribution is -0.133. The number of nitrogens with one attached hydrogen (secondary N) is 1. The van der Waals surface area contributed by atoms with Gasteiger partial charge < -0.3 is 14.4 Å². The number of carbonyl (C=O) groups excluding carboxylic acids is 3. The highest BCUT2D eigenvalue weighted by atomic mass is 16.6. The molecular formula is C23H28N2O5. The lowest BCUT2D eigenvalue weighted by atomic mass is 10.1. The average molecular weight is 412 g/mol. The van der Waals surface area contributed by atoms with Gasteiger partial charge in [0.05, 0.1) is 5.56 Å². The molecule has 0 unspecified atom stereocenters. The van der Waals surface area contributed by atoms with Crippen molar-refractivity contribution in [3.05, 3.63) is 65.2 Å². The van der Waals surface area contributed by atoms with Crippen LogP contribution in [-0.2, 0) is 20.8 Å². The maximum atomic E-state index is 12.3. The van der Waals surface area contributed by atoms with E-state index in [0.29, 0.717) is 12.2 Å². The molecule has 0 radical (unpaired) electrons. The molecule has 0 atom stereocenters. The zero-order valence-corrected chi connectivity index (χ0v) is 18.0. The van der Waals surface area contributed by atoms with Crippen molar-refractivity contribution in [3.8, 4) is 0 Å². The summed E-state index contributed by atoms with van der Waals surface area (Å²) in [5.74, 6) is -0.911. The number of amides is 2. The molecule has 2 amide bonds. The van der Waals surface area contributed by atoms with E-state index in [2.05, 4.69) is 5.32 Å². The van der Waals surface area contributed by atoms with Crippen molar-refractivity contribution in [1.82, 2.24) is 4.90 Å². The second-order valence-corrected chi connectivity index (χ2v) is 7.96. The fraction of sp³-hybridized carbons (Fsp3) is 0.348. The second kappa shape index (κ2) is 9.91. The molecule has 30 heavy (non-hydrogen) atoms. The van der Waals surface area contributed by atoms with Gasteiger partial charge in [0, 0.05) is 19.3 Å². The van der Waals surface area contributed by atoms with Crippen LogP contribution in [-0.4, -0.2) is 42.1 Å². The van der Waals surface area contributed by atoms with E-state index in [1.165, 1.54) is 17.0 Å². The van der Waals surface area contributed by atoms with Crippen molar-refractivity contribution in [3.63, 3.8) is 0 Å². The van der Waals surface area contributed by atoms with Gasteiger partial charge in [0.1, 0.15) is 5.60 Å². The highest BCUT2D eigenvalue weighted by Gasteiger charge is 2.17. The first-order valence-electron chi connectivity index (χ1n) is 9.61. The van der Waals surface area contributed by atoms with Crippen LogP contribution in [0.25, 0.3) is 0 Å². The molecule has 0 aliphatic rings. The number of carbonyl (C=O) groups is 3. The number of rotatable bonds is 6. The fourth-order valence-corrected chi connectivity index (χ4v) is 2.56. The molecule has 0 saturated heterocycles. The summed E-state index contributed by atoms with van der Waals surface area (Å²) in [7, 11) is 1.67. The van der Waals surface area contributed by atoms with Gasteiger partial charge in [-0.15, -0.1) is 0 Å². The molecule has 7 nitrogen and oxygen atoms in total. The highest BCUT2D eigenvalue weighted by Crippen LogP contribution is 2.14. The normalized spacial score (nSPS) is 10.8. The Morgan fingerprint density at radius 2 is 1.63 bits per heavy atom. The molecule has 160 valence electrons. The van der Waals surface area contributed by atoms with Gasteiger partial charge in [-0.25, -0.2) is 9.59 Å². The Hall–Kier alpha value is -3.35. The number of hydrogen-bond donors (Lipinski definition) is 1. The molecule has 2 aromatic rings. The largest absolute Gasteiger partial charge is 0.452 e. The van der Waals surface area contributed by atoms with E-state index in [9.17, 15) is 14.4 Å². The number of esters is 1. The summed E-state index contributed by atoms with van der Waals surface area (Å²) in [6, 6.07) is 13.9. The highest BCUT2D eigenvalue weighted by molar-refractivity contribution is 5.92. The summed E-state index contributed by atoms with van der Waals surface area (Å²) in [5.41, 5.74) is 2.28. The SMILES string of the molecule is Cc1ccccc1CN(C)C(=O)COC(=O)c1ccc(NC(=O)OC(C)(C)C)cc1. The quantitative estimate of drug-likeness (QED) is 0.720. The van der Waals surface area contributed by atoms with Gasteiger partial charge in [-0.2, -0.15) is 0 Å². The fourth-order valence-electron chi connectivity index (χ4n) is 2.56. The van der Waals surface area contributed by atoms with Gasteiger partial charge in [0.15, 0.2) is 6.61 Å². The van der Waals surface area contributed by atoms with Crippen LogP contribution in [0, 0.1) is 6.92 Å². The predicted molar refractivity (Wildman–Crippen MR) is 114 cm³/mol. The van der Waals surface area contributed by atoms with Crippen molar-refractivity contribution < 1.29 is 23.9 Å². The Balaban J connectivity index is 1.85. The van der Waals surface area contributed by atoms with E-state index in [1.807, 2.05) is 31.2 Å². The van der Waals surface area contributed by atoms with Crippen LogP contribution in [0.4, 0.5) is 10.5 Å². The van der Waals surface area contributed by atoms with Gasteiger partial charge in [0.2, 0.25) is 0 Å². The van der Waals surface area contributed by atoms with E-state index in [1.54, 1.807) is 40.0 Å². The average Bonchev–Trinajstić information content (AvgIpc) is 2.66. The van der Waals surface area contributed by atoms with Crippen LogP contribution < -0.4 is 5.32 Å². The smallest absolute Gasteiger partial charge is 0.412 e. The minimum Gasteiger partial charge on any atom is -0.452 e. The predicted octanol–water partition coefficient (Wildman–Crippen LogP) is 4.16. The number of hydrogen-bond acceptors (Lipinski definition) is 5. The van der Waals surface area contributed by atoms with Crippen molar-refractivity contribution in [2.24, 2.45) is 0 Å². The van der Waals surface area contributed by atoms with Crippen LogP contribution in [0.2, 0.25) is 0 Å². The molecule has 0 aliphatic carbocycles. The molecule has 7 heteroatoms.